The van der Waals surface area contributed by atoms with Gasteiger partial charge in [0.05, 0.1) is 6.54 Å². The maximum absolute atomic E-state index is 10.9. The molecule has 0 saturated carbocycles. The summed E-state index contributed by atoms with van der Waals surface area (Å²) in [4.78, 5) is 21.2. The van der Waals surface area contributed by atoms with Gasteiger partial charge >= 0.3 is 12.0 Å². The van der Waals surface area contributed by atoms with Crippen molar-refractivity contribution in [2.45, 2.75) is 13.0 Å². The minimum absolute atomic E-state index is 0.262. The highest BCUT2D eigenvalue weighted by atomic mass is 79.9. The molecule has 74 valence electrons. The molecular weight excluding hydrogens is 240 g/mol. The van der Waals surface area contributed by atoms with E-state index in [1.165, 1.54) is 6.92 Å². The summed E-state index contributed by atoms with van der Waals surface area (Å²) < 4.78 is 0.616. The zero-order valence-electron chi connectivity index (χ0n) is 7.13. The van der Waals surface area contributed by atoms with Crippen LogP contribution >= 0.6 is 15.9 Å². The van der Waals surface area contributed by atoms with Gasteiger partial charge in [0.1, 0.15) is 6.04 Å². The number of carbonyl (C=O) groups excluding carboxylic acids is 1. The first-order chi connectivity index (χ1) is 5.93. The molecule has 1 unspecified atom stereocenters. The summed E-state index contributed by atoms with van der Waals surface area (Å²) in [5.74, 6) is -1.08. The molecule has 0 aromatic rings. The van der Waals surface area contributed by atoms with Gasteiger partial charge in [-0.1, -0.05) is 22.5 Å². The molecule has 6 heteroatoms. The number of urea groups is 1. The Labute approximate surface area is 84.3 Å². The quantitative estimate of drug-likeness (QED) is 0.687. The van der Waals surface area contributed by atoms with E-state index in [9.17, 15) is 9.59 Å². The van der Waals surface area contributed by atoms with Gasteiger partial charge in [-0.25, -0.2) is 4.79 Å². The minimum atomic E-state index is -1.08. The molecule has 0 radical (unpaired) electrons. The van der Waals surface area contributed by atoms with E-state index in [2.05, 4.69) is 33.1 Å². The number of hydrogen-bond acceptors (Lipinski definition) is 2. The van der Waals surface area contributed by atoms with Gasteiger partial charge in [0.25, 0.3) is 0 Å². The zero-order valence-corrected chi connectivity index (χ0v) is 8.72. The van der Waals surface area contributed by atoms with Crippen molar-refractivity contribution in [1.29, 1.82) is 0 Å². The molecule has 0 bridgehead atoms. The molecule has 0 fully saturated rings. The van der Waals surface area contributed by atoms with Gasteiger partial charge in [0, 0.05) is 4.48 Å². The molecule has 0 spiro atoms. The van der Waals surface area contributed by atoms with Crippen LogP contribution in [0.1, 0.15) is 6.92 Å². The molecule has 0 rings (SSSR count). The predicted molar refractivity (Wildman–Crippen MR) is 51.7 cm³/mol. The third kappa shape index (κ3) is 6.15. The van der Waals surface area contributed by atoms with Crippen LogP contribution in [0.25, 0.3) is 0 Å². The Balaban J connectivity index is 3.74. The fourth-order valence-electron chi connectivity index (χ4n) is 0.486. The molecule has 0 aliphatic heterocycles. The second-order valence-corrected chi connectivity index (χ2v) is 3.53. The van der Waals surface area contributed by atoms with Gasteiger partial charge in [-0.2, -0.15) is 0 Å². The van der Waals surface area contributed by atoms with Gasteiger partial charge in [-0.3, -0.25) is 4.79 Å². The number of hydrogen-bond donors (Lipinski definition) is 3. The average molecular weight is 251 g/mol. The molecule has 0 heterocycles. The lowest BCUT2D eigenvalue weighted by molar-refractivity contribution is -0.138. The van der Waals surface area contributed by atoms with Crippen LogP contribution in [-0.2, 0) is 4.79 Å². The van der Waals surface area contributed by atoms with Crippen molar-refractivity contribution in [3.63, 3.8) is 0 Å². The number of carboxylic acids is 1. The Hall–Kier alpha value is -1.04. The number of carbonyl (C=O) groups is 2. The van der Waals surface area contributed by atoms with Crippen molar-refractivity contribution in [3.8, 4) is 0 Å². The zero-order chi connectivity index (χ0) is 10.4. The molecule has 0 aliphatic rings. The van der Waals surface area contributed by atoms with E-state index in [0.717, 1.165) is 0 Å². The molecule has 5 nitrogen and oxygen atoms in total. The Bertz CT molecular complexity index is 230. The standard InChI is InChI=1S/C7H11BrN2O3/c1-4(8)3-9-7(13)10-5(2)6(11)12/h5H,1,3H2,2H3,(H,11,12)(H2,9,10,13). The summed E-state index contributed by atoms with van der Waals surface area (Å²) in [6.07, 6.45) is 0. The average Bonchev–Trinajstić information content (AvgIpc) is 2.00. The summed E-state index contributed by atoms with van der Waals surface area (Å²) >= 11 is 3.04. The number of nitrogens with one attached hydrogen (secondary N) is 2. The molecule has 1 atom stereocenters. The van der Waals surface area contributed by atoms with Crippen molar-refractivity contribution in [2.24, 2.45) is 0 Å². The van der Waals surface area contributed by atoms with Gasteiger partial charge in [-0.15, -0.1) is 0 Å². The van der Waals surface area contributed by atoms with Crippen LogP contribution < -0.4 is 10.6 Å². The Kier molecular flexibility index (Phi) is 5.13. The molecular formula is C7H11BrN2O3. The van der Waals surface area contributed by atoms with Crippen LogP contribution in [0, 0.1) is 0 Å². The summed E-state index contributed by atoms with van der Waals surface area (Å²) in [6.45, 7) is 5.14. The molecule has 13 heavy (non-hydrogen) atoms. The Morgan fingerprint density at radius 1 is 1.62 bits per heavy atom. The lowest BCUT2D eigenvalue weighted by atomic mass is 10.3. The van der Waals surface area contributed by atoms with Crippen molar-refractivity contribution in [1.82, 2.24) is 10.6 Å². The van der Waals surface area contributed by atoms with Gasteiger partial charge in [-0.05, 0) is 6.92 Å². The predicted octanol–water partition coefficient (Wildman–Crippen LogP) is 0.667. The van der Waals surface area contributed by atoms with Crippen LogP contribution in [0.4, 0.5) is 4.79 Å². The van der Waals surface area contributed by atoms with E-state index < -0.39 is 18.0 Å². The van der Waals surface area contributed by atoms with Crippen molar-refractivity contribution >= 4 is 27.9 Å². The number of amides is 2. The van der Waals surface area contributed by atoms with E-state index in [1.807, 2.05) is 0 Å². The lowest BCUT2D eigenvalue weighted by Gasteiger charge is -2.09. The number of halogens is 1. The summed E-state index contributed by atoms with van der Waals surface area (Å²) in [5, 5.41) is 13.1. The topological polar surface area (TPSA) is 78.4 Å². The number of rotatable bonds is 4. The maximum atomic E-state index is 10.9. The summed E-state index contributed by atoms with van der Waals surface area (Å²) in [6, 6.07) is -1.43. The van der Waals surface area contributed by atoms with Crippen molar-refractivity contribution < 1.29 is 14.7 Å². The normalized spacial score (nSPS) is 11.5. The van der Waals surface area contributed by atoms with Crippen LogP contribution in [0.2, 0.25) is 0 Å². The SMILES string of the molecule is C=C(Br)CNC(=O)NC(C)C(=O)O. The Morgan fingerprint density at radius 3 is 2.54 bits per heavy atom. The van der Waals surface area contributed by atoms with E-state index in [0.29, 0.717) is 4.48 Å². The number of carboxylic acid groups (broad SMARTS) is 1. The fraction of sp³-hybridized carbons (Fsp3) is 0.429. The molecule has 3 N–H and O–H groups in total. The monoisotopic (exact) mass is 250 g/mol. The van der Waals surface area contributed by atoms with Crippen LogP contribution in [0.3, 0.4) is 0 Å². The first-order valence-electron chi connectivity index (χ1n) is 3.54. The first-order valence-corrected chi connectivity index (χ1v) is 4.33. The van der Waals surface area contributed by atoms with E-state index in [-0.39, 0.29) is 6.54 Å². The maximum Gasteiger partial charge on any atom is 0.325 e. The largest absolute Gasteiger partial charge is 0.480 e. The molecule has 0 aromatic heterocycles. The van der Waals surface area contributed by atoms with Crippen LogP contribution in [0.15, 0.2) is 11.1 Å². The highest BCUT2D eigenvalue weighted by Crippen LogP contribution is 1.96. The van der Waals surface area contributed by atoms with Crippen LogP contribution in [0.5, 0.6) is 0 Å². The molecule has 2 amide bonds. The fourth-order valence-corrected chi connectivity index (χ4v) is 0.626. The van der Waals surface area contributed by atoms with Crippen molar-refractivity contribution in [2.75, 3.05) is 6.54 Å². The van der Waals surface area contributed by atoms with Crippen molar-refractivity contribution in [3.05, 3.63) is 11.1 Å². The highest BCUT2D eigenvalue weighted by Gasteiger charge is 2.12. The van der Waals surface area contributed by atoms with E-state index >= 15 is 0 Å². The second kappa shape index (κ2) is 5.58. The summed E-state index contributed by atoms with van der Waals surface area (Å²) in [7, 11) is 0. The number of aliphatic carboxylic acids is 1. The Morgan fingerprint density at radius 2 is 2.15 bits per heavy atom. The lowest BCUT2D eigenvalue weighted by Crippen LogP contribution is -2.44. The minimum Gasteiger partial charge on any atom is -0.480 e. The highest BCUT2D eigenvalue weighted by molar-refractivity contribution is 9.11. The van der Waals surface area contributed by atoms with Crippen LogP contribution in [-0.4, -0.2) is 29.7 Å². The first kappa shape index (κ1) is 12.0. The molecule has 0 saturated heterocycles. The third-order valence-corrected chi connectivity index (χ3v) is 1.44. The van der Waals surface area contributed by atoms with E-state index in [1.54, 1.807) is 0 Å². The van der Waals surface area contributed by atoms with Gasteiger partial charge < -0.3 is 15.7 Å². The molecule has 0 aliphatic carbocycles. The van der Waals surface area contributed by atoms with E-state index in [4.69, 9.17) is 5.11 Å². The van der Waals surface area contributed by atoms with Gasteiger partial charge in [0.15, 0.2) is 0 Å². The third-order valence-electron chi connectivity index (χ3n) is 1.16. The summed E-state index contributed by atoms with van der Waals surface area (Å²) in [5.41, 5.74) is 0. The van der Waals surface area contributed by atoms with Gasteiger partial charge in [0.2, 0.25) is 0 Å². The molecule has 0 aromatic carbocycles. The second-order valence-electron chi connectivity index (χ2n) is 2.40. The smallest absolute Gasteiger partial charge is 0.325 e.